The number of carbonyl (C=O) groups excluding carboxylic acids is 3. The van der Waals surface area contributed by atoms with Crippen LogP contribution in [0.2, 0.25) is 5.02 Å². The Hall–Kier alpha value is -2.70. The van der Waals surface area contributed by atoms with Crippen molar-refractivity contribution in [2.45, 2.75) is 25.0 Å². The predicted molar refractivity (Wildman–Crippen MR) is 103 cm³/mol. The molecule has 28 heavy (non-hydrogen) atoms. The third-order valence-electron chi connectivity index (χ3n) is 6.15. The Morgan fingerprint density at radius 1 is 1.04 bits per heavy atom. The van der Waals surface area contributed by atoms with E-state index in [0.717, 1.165) is 5.56 Å². The van der Waals surface area contributed by atoms with Crippen LogP contribution in [0.3, 0.4) is 0 Å². The van der Waals surface area contributed by atoms with E-state index in [0.29, 0.717) is 16.3 Å². The zero-order valence-corrected chi connectivity index (χ0v) is 15.9. The maximum Gasteiger partial charge on any atom is 0.250 e. The summed E-state index contributed by atoms with van der Waals surface area (Å²) < 4.78 is 0. The average molecular weight is 396 g/mol. The van der Waals surface area contributed by atoms with Gasteiger partial charge in [-0.15, -0.1) is 0 Å². The number of amides is 3. The van der Waals surface area contributed by atoms with Crippen molar-refractivity contribution in [1.82, 2.24) is 10.2 Å². The summed E-state index contributed by atoms with van der Waals surface area (Å²) in [5, 5.41) is 6.66. The van der Waals surface area contributed by atoms with Crippen molar-refractivity contribution in [3.63, 3.8) is 0 Å². The third kappa shape index (κ3) is 2.10. The van der Waals surface area contributed by atoms with Crippen LogP contribution in [0.5, 0.6) is 0 Å². The largest absolute Gasteiger partial charge is 0.324 e. The number of carbonyl (C=O) groups is 3. The number of likely N-dealkylation sites (tertiary alicyclic amines) is 1. The summed E-state index contributed by atoms with van der Waals surface area (Å²) in [6, 6.07) is 14.2. The average Bonchev–Trinajstić information content (AvgIpc) is 3.23. The number of hydrogen-bond donors (Lipinski definition) is 2. The molecule has 4 atom stereocenters. The summed E-state index contributed by atoms with van der Waals surface area (Å²) in [4.78, 5) is 40.9. The monoisotopic (exact) mass is 395 g/mol. The van der Waals surface area contributed by atoms with Crippen LogP contribution in [0.25, 0.3) is 0 Å². The molecule has 0 aliphatic carbocycles. The van der Waals surface area contributed by atoms with E-state index in [2.05, 4.69) is 10.6 Å². The first kappa shape index (κ1) is 17.4. The van der Waals surface area contributed by atoms with E-state index < -0.39 is 17.4 Å². The van der Waals surface area contributed by atoms with Gasteiger partial charge in [0.1, 0.15) is 5.54 Å². The van der Waals surface area contributed by atoms with E-state index in [4.69, 9.17) is 11.6 Å². The smallest absolute Gasteiger partial charge is 0.250 e. The van der Waals surface area contributed by atoms with Crippen LogP contribution in [0.1, 0.15) is 18.1 Å². The molecule has 3 aliphatic rings. The number of benzene rings is 2. The Balaban J connectivity index is 1.58. The lowest BCUT2D eigenvalue weighted by atomic mass is 9.76. The Morgan fingerprint density at radius 3 is 2.54 bits per heavy atom. The number of para-hydroxylation sites is 1. The van der Waals surface area contributed by atoms with Crippen molar-refractivity contribution in [3.05, 3.63) is 64.7 Å². The van der Waals surface area contributed by atoms with E-state index in [9.17, 15) is 14.4 Å². The molecule has 2 saturated heterocycles. The number of nitrogens with one attached hydrogen (secondary N) is 2. The third-order valence-corrected chi connectivity index (χ3v) is 6.52. The number of rotatable bonds is 2. The summed E-state index contributed by atoms with van der Waals surface area (Å²) in [5.41, 5.74) is 0.886. The fourth-order valence-electron chi connectivity index (χ4n) is 4.93. The van der Waals surface area contributed by atoms with Crippen molar-refractivity contribution in [3.8, 4) is 0 Å². The van der Waals surface area contributed by atoms with Crippen molar-refractivity contribution < 1.29 is 14.4 Å². The minimum atomic E-state index is -1.22. The highest BCUT2D eigenvalue weighted by Crippen LogP contribution is 2.52. The molecule has 0 bridgehead atoms. The van der Waals surface area contributed by atoms with Gasteiger partial charge in [0, 0.05) is 22.3 Å². The number of hydrogen-bond acceptors (Lipinski definition) is 4. The van der Waals surface area contributed by atoms with Gasteiger partial charge in [0.2, 0.25) is 17.7 Å². The number of imide groups is 1. The fourth-order valence-corrected chi connectivity index (χ4v) is 5.13. The molecule has 3 aliphatic heterocycles. The summed E-state index contributed by atoms with van der Waals surface area (Å²) in [5.74, 6) is -2.25. The highest BCUT2D eigenvalue weighted by Gasteiger charge is 2.69. The molecule has 7 heteroatoms. The molecule has 2 fully saturated rings. The zero-order valence-electron chi connectivity index (χ0n) is 15.1. The molecular formula is C21H18ClN3O3. The second-order valence-corrected chi connectivity index (χ2v) is 8.01. The predicted octanol–water partition coefficient (Wildman–Crippen LogP) is 2.28. The summed E-state index contributed by atoms with van der Waals surface area (Å²) in [6.07, 6.45) is 0. The zero-order chi connectivity index (χ0) is 19.6. The van der Waals surface area contributed by atoms with Crippen LogP contribution in [-0.4, -0.2) is 28.7 Å². The van der Waals surface area contributed by atoms with Crippen LogP contribution < -0.4 is 10.6 Å². The molecule has 0 unspecified atom stereocenters. The fraction of sp³-hybridized carbons (Fsp3) is 0.286. The van der Waals surface area contributed by atoms with Crippen LogP contribution in [-0.2, 0) is 26.5 Å². The number of anilines is 1. The normalized spacial score (nSPS) is 30.7. The van der Waals surface area contributed by atoms with Gasteiger partial charge in [0.05, 0.1) is 18.4 Å². The van der Waals surface area contributed by atoms with Gasteiger partial charge in [-0.05, 0) is 24.6 Å². The lowest BCUT2D eigenvalue weighted by Gasteiger charge is -2.29. The second-order valence-electron chi connectivity index (χ2n) is 7.60. The molecule has 6 nitrogen and oxygen atoms in total. The highest BCUT2D eigenvalue weighted by molar-refractivity contribution is 6.31. The maximum absolute atomic E-state index is 13.4. The van der Waals surface area contributed by atoms with Crippen molar-refractivity contribution in [2.75, 3.05) is 5.32 Å². The summed E-state index contributed by atoms with van der Waals surface area (Å²) in [7, 11) is 0. The summed E-state index contributed by atoms with van der Waals surface area (Å²) >= 11 is 6.23. The first-order chi connectivity index (χ1) is 13.4. The molecular weight excluding hydrogens is 378 g/mol. The molecule has 3 amide bonds. The second kappa shape index (κ2) is 5.90. The number of halogens is 1. The molecule has 0 aromatic heterocycles. The Bertz CT molecular complexity index is 1040. The quantitative estimate of drug-likeness (QED) is 0.765. The first-order valence-electron chi connectivity index (χ1n) is 9.22. The Kier molecular flexibility index (Phi) is 3.66. The van der Waals surface area contributed by atoms with Gasteiger partial charge in [-0.2, -0.15) is 0 Å². The van der Waals surface area contributed by atoms with Gasteiger partial charge in [0.25, 0.3) is 0 Å². The van der Waals surface area contributed by atoms with Gasteiger partial charge in [-0.25, -0.2) is 0 Å². The lowest BCUT2D eigenvalue weighted by molar-refractivity contribution is -0.143. The van der Waals surface area contributed by atoms with Crippen LogP contribution >= 0.6 is 11.6 Å². The molecule has 2 aromatic rings. The lowest BCUT2D eigenvalue weighted by Crippen LogP contribution is -2.52. The Labute approximate surface area is 166 Å². The topological polar surface area (TPSA) is 78.5 Å². The number of fused-ring (bicyclic) bond motifs is 4. The van der Waals surface area contributed by atoms with Gasteiger partial charge in [-0.1, -0.05) is 48.0 Å². The maximum atomic E-state index is 13.4. The van der Waals surface area contributed by atoms with E-state index in [1.165, 1.54) is 4.90 Å². The van der Waals surface area contributed by atoms with Crippen LogP contribution in [0.15, 0.2) is 48.5 Å². The van der Waals surface area contributed by atoms with Crippen LogP contribution in [0.4, 0.5) is 5.69 Å². The van der Waals surface area contributed by atoms with E-state index >= 15 is 0 Å². The summed E-state index contributed by atoms with van der Waals surface area (Å²) in [6.45, 7) is 1.96. The van der Waals surface area contributed by atoms with Crippen molar-refractivity contribution in [1.29, 1.82) is 0 Å². The number of nitrogens with zero attached hydrogens (tertiary/aromatic N) is 1. The van der Waals surface area contributed by atoms with E-state index in [1.807, 2.05) is 37.3 Å². The highest BCUT2D eigenvalue weighted by atomic mass is 35.5. The molecule has 0 saturated carbocycles. The minimum Gasteiger partial charge on any atom is -0.324 e. The molecule has 142 valence electrons. The molecule has 2 aromatic carbocycles. The minimum absolute atomic E-state index is 0.108. The van der Waals surface area contributed by atoms with Crippen LogP contribution in [0, 0.1) is 11.8 Å². The SMILES string of the molecule is C[C@H]1N[C@]2(C(=O)Nc3ccccc32)[C@H]2C(=O)N(Cc3ccccc3Cl)C(=O)[C@H]12. The molecule has 1 spiro atoms. The standard InChI is InChI=1S/C21H18ClN3O3/c1-11-16-17(21(24-11)13-7-3-5-9-15(13)23-20(21)28)19(27)25(18(16)26)10-12-6-2-4-8-14(12)22/h2-9,11,16-17,24H,10H2,1H3,(H,23,28)/t11-,16-,17-,21+/m1/s1. The van der Waals surface area contributed by atoms with Crippen molar-refractivity contribution in [2.24, 2.45) is 11.8 Å². The molecule has 3 heterocycles. The van der Waals surface area contributed by atoms with E-state index in [1.54, 1.807) is 18.2 Å². The molecule has 2 N–H and O–H groups in total. The van der Waals surface area contributed by atoms with E-state index in [-0.39, 0.29) is 30.3 Å². The molecule has 5 rings (SSSR count). The first-order valence-corrected chi connectivity index (χ1v) is 9.60. The van der Waals surface area contributed by atoms with Gasteiger partial charge < -0.3 is 5.32 Å². The molecule has 0 radical (unpaired) electrons. The van der Waals surface area contributed by atoms with Gasteiger partial charge in [-0.3, -0.25) is 24.6 Å². The van der Waals surface area contributed by atoms with Crippen molar-refractivity contribution >= 4 is 35.0 Å². The van der Waals surface area contributed by atoms with Gasteiger partial charge >= 0.3 is 0 Å². The van der Waals surface area contributed by atoms with Gasteiger partial charge in [0.15, 0.2) is 0 Å². The Morgan fingerprint density at radius 2 is 1.75 bits per heavy atom.